The Morgan fingerprint density at radius 3 is 2.24 bits per heavy atom. The van der Waals surface area contributed by atoms with Gasteiger partial charge in [0.15, 0.2) is 5.82 Å². The van der Waals surface area contributed by atoms with E-state index in [1.807, 2.05) is 45.0 Å². The minimum atomic E-state index is 0.167. The van der Waals surface area contributed by atoms with Gasteiger partial charge in [0.2, 0.25) is 0 Å². The van der Waals surface area contributed by atoms with Crippen LogP contribution < -0.4 is 0 Å². The Hall–Kier alpha value is -2.79. The second-order valence-corrected chi connectivity index (χ2v) is 6.98. The standard InChI is InChI=1S/C18H15ClN4.C3H6O.C2H6/c1-11-4-3-5-15-17(11)18(13-6-8-14(19)9-7-13)20-10-16-22-21-12(2)23(15)16;1-3(2)4;1-2/h3-9H,10H2,1-2H3;1-2H3;1-2H3. The van der Waals surface area contributed by atoms with Crippen LogP contribution in [0.4, 0.5) is 0 Å². The van der Waals surface area contributed by atoms with Gasteiger partial charge in [-0.15, -0.1) is 10.2 Å². The number of rotatable bonds is 1. The number of carbonyl (C=O) groups is 1. The second kappa shape index (κ2) is 10.1. The molecule has 0 aliphatic carbocycles. The molecule has 0 spiro atoms. The molecule has 0 N–H and O–H groups in total. The number of halogens is 1. The zero-order chi connectivity index (χ0) is 21.6. The molecule has 4 rings (SSSR count). The van der Waals surface area contributed by atoms with E-state index in [1.165, 1.54) is 19.4 Å². The number of aryl methyl sites for hydroxylation is 2. The lowest BCUT2D eigenvalue weighted by Crippen LogP contribution is -2.10. The molecular formula is C23H27ClN4O. The lowest BCUT2D eigenvalue weighted by Gasteiger charge is -2.15. The summed E-state index contributed by atoms with van der Waals surface area (Å²) < 4.78 is 2.09. The first-order chi connectivity index (χ1) is 13.9. The summed E-state index contributed by atoms with van der Waals surface area (Å²) in [6.07, 6.45) is 0. The molecule has 29 heavy (non-hydrogen) atoms. The van der Waals surface area contributed by atoms with Crippen LogP contribution in [0, 0.1) is 13.8 Å². The van der Waals surface area contributed by atoms with Crippen molar-refractivity contribution in [1.29, 1.82) is 0 Å². The summed E-state index contributed by atoms with van der Waals surface area (Å²) in [7, 11) is 0. The topological polar surface area (TPSA) is 60.1 Å². The smallest absolute Gasteiger partial charge is 0.159 e. The lowest BCUT2D eigenvalue weighted by atomic mass is 9.96. The van der Waals surface area contributed by atoms with Crippen LogP contribution >= 0.6 is 11.6 Å². The van der Waals surface area contributed by atoms with E-state index in [0.29, 0.717) is 6.54 Å². The van der Waals surface area contributed by atoms with E-state index < -0.39 is 0 Å². The molecule has 3 aromatic rings. The maximum absolute atomic E-state index is 9.44. The summed E-state index contributed by atoms with van der Waals surface area (Å²) >= 11 is 6.03. The van der Waals surface area contributed by atoms with Crippen LogP contribution in [0.2, 0.25) is 5.02 Å². The third-order valence-corrected chi connectivity index (χ3v) is 4.37. The quantitative estimate of drug-likeness (QED) is 0.531. The van der Waals surface area contributed by atoms with Crippen molar-refractivity contribution < 1.29 is 4.79 Å². The molecular weight excluding hydrogens is 384 g/mol. The zero-order valence-corrected chi connectivity index (χ0v) is 18.6. The summed E-state index contributed by atoms with van der Waals surface area (Å²) in [6.45, 7) is 11.6. The molecule has 0 atom stereocenters. The molecule has 1 aromatic heterocycles. The van der Waals surface area contributed by atoms with Crippen molar-refractivity contribution in [2.75, 3.05) is 0 Å². The number of hydrogen-bond donors (Lipinski definition) is 0. The highest BCUT2D eigenvalue weighted by atomic mass is 35.5. The highest BCUT2D eigenvalue weighted by Crippen LogP contribution is 2.28. The van der Waals surface area contributed by atoms with Crippen molar-refractivity contribution in [2.24, 2.45) is 4.99 Å². The normalized spacial score (nSPS) is 11.5. The molecule has 1 aliphatic rings. The predicted octanol–water partition coefficient (Wildman–Crippen LogP) is 5.51. The van der Waals surface area contributed by atoms with E-state index >= 15 is 0 Å². The van der Waals surface area contributed by atoms with E-state index in [1.54, 1.807) is 0 Å². The highest BCUT2D eigenvalue weighted by molar-refractivity contribution is 6.30. The highest BCUT2D eigenvalue weighted by Gasteiger charge is 2.22. The van der Waals surface area contributed by atoms with Gasteiger partial charge in [0.05, 0.1) is 11.4 Å². The van der Waals surface area contributed by atoms with Gasteiger partial charge in [0.25, 0.3) is 0 Å². The fourth-order valence-electron chi connectivity index (χ4n) is 3.04. The van der Waals surface area contributed by atoms with Crippen molar-refractivity contribution >= 4 is 23.1 Å². The van der Waals surface area contributed by atoms with Crippen molar-refractivity contribution in [3.63, 3.8) is 0 Å². The molecule has 152 valence electrons. The monoisotopic (exact) mass is 410 g/mol. The molecule has 0 unspecified atom stereocenters. The number of Topliss-reactive ketones (excluding diaryl/α,β-unsaturated/α-hetero) is 1. The number of carbonyl (C=O) groups excluding carboxylic acids is 1. The van der Waals surface area contributed by atoms with Crippen LogP contribution in [0.1, 0.15) is 56.0 Å². The zero-order valence-electron chi connectivity index (χ0n) is 17.8. The first-order valence-electron chi connectivity index (χ1n) is 9.67. The van der Waals surface area contributed by atoms with Gasteiger partial charge < -0.3 is 4.79 Å². The molecule has 2 heterocycles. The van der Waals surface area contributed by atoms with Gasteiger partial charge in [-0.05, 0) is 51.5 Å². The molecule has 0 radical (unpaired) electrons. The third kappa shape index (κ3) is 5.18. The number of benzene rings is 2. The van der Waals surface area contributed by atoms with Gasteiger partial charge in [0, 0.05) is 16.1 Å². The maximum atomic E-state index is 9.44. The molecule has 6 heteroatoms. The van der Waals surface area contributed by atoms with Crippen LogP contribution in [0.15, 0.2) is 47.5 Å². The lowest BCUT2D eigenvalue weighted by molar-refractivity contribution is -0.114. The SMILES string of the molecule is CC.CC(C)=O.Cc1cccc2c1C(c1ccc(Cl)cc1)=NCc1nnc(C)n1-2. The Balaban J connectivity index is 0.000000449. The van der Waals surface area contributed by atoms with Crippen molar-refractivity contribution in [1.82, 2.24) is 14.8 Å². The van der Waals surface area contributed by atoms with Crippen LogP contribution in [0.3, 0.4) is 0 Å². The van der Waals surface area contributed by atoms with Gasteiger partial charge in [0.1, 0.15) is 18.2 Å². The fourth-order valence-corrected chi connectivity index (χ4v) is 3.17. The fraction of sp³-hybridized carbons (Fsp3) is 0.304. The number of aliphatic imine (C=N–C) groups is 1. The van der Waals surface area contributed by atoms with Crippen LogP contribution in [-0.2, 0) is 11.3 Å². The van der Waals surface area contributed by atoms with Crippen LogP contribution in [0.5, 0.6) is 0 Å². The second-order valence-electron chi connectivity index (χ2n) is 6.55. The summed E-state index contributed by atoms with van der Waals surface area (Å²) in [4.78, 5) is 14.3. The minimum Gasteiger partial charge on any atom is -0.300 e. The molecule has 5 nitrogen and oxygen atoms in total. The van der Waals surface area contributed by atoms with Gasteiger partial charge in [-0.2, -0.15) is 0 Å². The summed E-state index contributed by atoms with van der Waals surface area (Å²) in [5.74, 6) is 1.90. The van der Waals surface area contributed by atoms with E-state index in [9.17, 15) is 4.79 Å². The van der Waals surface area contributed by atoms with E-state index in [-0.39, 0.29) is 5.78 Å². The number of nitrogens with zero attached hydrogens (tertiary/aromatic N) is 4. The van der Waals surface area contributed by atoms with Crippen molar-refractivity contribution in [2.45, 2.75) is 48.1 Å². The van der Waals surface area contributed by atoms with Gasteiger partial charge in [-0.3, -0.25) is 9.56 Å². The first kappa shape index (κ1) is 22.5. The molecule has 1 aliphatic heterocycles. The van der Waals surface area contributed by atoms with Gasteiger partial charge in [-0.1, -0.05) is 49.7 Å². The van der Waals surface area contributed by atoms with Crippen LogP contribution in [0.25, 0.3) is 5.69 Å². The van der Waals surface area contributed by atoms with Crippen molar-refractivity contribution in [3.8, 4) is 5.69 Å². The van der Waals surface area contributed by atoms with Gasteiger partial charge >= 0.3 is 0 Å². The molecule has 0 fully saturated rings. The summed E-state index contributed by atoms with van der Waals surface area (Å²) in [5, 5.41) is 9.20. The number of ketones is 1. The largest absolute Gasteiger partial charge is 0.300 e. The summed E-state index contributed by atoms with van der Waals surface area (Å²) in [6, 6.07) is 14.1. The van der Waals surface area contributed by atoms with E-state index in [2.05, 4.69) is 39.9 Å². The average Bonchev–Trinajstić information content (AvgIpc) is 2.96. The summed E-state index contributed by atoms with van der Waals surface area (Å²) in [5.41, 5.74) is 5.41. The maximum Gasteiger partial charge on any atom is 0.159 e. The molecule has 0 bridgehead atoms. The Morgan fingerprint density at radius 1 is 1.00 bits per heavy atom. The molecule has 0 saturated carbocycles. The molecule has 0 saturated heterocycles. The van der Waals surface area contributed by atoms with Gasteiger partial charge in [-0.25, -0.2) is 0 Å². The third-order valence-electron chi connectivity index (χ3n) is 4.12. The van der Waals surface area contributed by atoms with Crippen LogP contribution in [-0.4, -0.2) is 26.3 Å². The van der Waals surface area contributed by atoms with E-state index in [4.69, 9.17) is 16.6 Å². The first-order valence-corrected chi connectivity index (χ1v) is 10.0. The Kier molecular flexibility index (Phi) is 7.85. The molecule has 2 aromatic carbocycles. The number of hydrogen-bond acceptors (Lipinski definition) is 4. The number of fused-ring (bicyclic) bond motifs is 3. The Bertz CT molecular complexity index is 1020. The Morgan fingerprint density at radius 2 is 1.62 bits per heavy atom. The average molecular weight is 411 g/mol. The molecule has 0 amide bonds. The van der Waals surface area contributed by atoms with Crippen molar-refractivity contribution in [3.05, 3.63) is 75.8 Å². The van der Waals surface area contributed by atoms with E-state index in [0.717, 1.165) is 39.2 Å². The Labute approximate surface area is 177 Å². The predicted molar refractivity (Wildman–Crippen MR) is 119 cm³/mol. The number of aromatic nitrogens is 3. The minimum absolute atomic E-state index is 0.167.